The molecule has 0 fully saturated rings. The van der Waals surface area contributed by atoms with Crippen LogP contribution in [0.2, 0.25) is 0 Å². The molecule has 4 heteroatoms. The Kier molecular flexibility index (Phi) is 2.53. The number of hydrogen-bond donors (Lipinski definition) is 0. The summed E-state index contributed by atoms with van der Waals surface area (Å²) in [5.41, 5.74) is -0.544. The van der Waals surface area contributed by atoms with Crippen LogP contribution in [0.4, 0.5) is 13.2 Å². The molecule has 0 heterocycles. The van der Waals surface area contributed by atoms with Crippen molar-refractivity contribution in [3.63, 3.8) is 0 Å². The molecule has 0 atom stereocenters. The quantitative estimate of drug-likeness (QED) is 0.608. The first kappa shape index (κ1) is 8.98. The van der Waals surface area contributed by atoms with E-state index < -0.39 is 11.7 Å². The first-order valence-corrected chi connectivity index (χ1v) is 5.17. The van der Waals surface area contributed by atoms with E-state index in [1.807, 2.05) is 0 Å². The van der Waals surface area contributed by atoms with Crippen LogP contribution in [0.3, 0.4) is 0 Å². The molecule has 1 rings (SSSR count). The molecule has 0 saturated heterocycles. The summed E-state index contributed by atoms with van der Waals surface area (Å²) in [4.78, 5) is 0. The fourth-order valence-corrected chi connectivity index (χ4v) is 1.84. The Balaban J connectivity index is 3.06. The molecule has 0 aliphatic carbocycles. The van der Waals surface area contributed by atoms with Crippen LogP contribution in [-0.2, 0) is 6.18 Å². The third-order valence-corrected chi connectivity index (χ3v) is 2.61. The average Bonchev–Trinajstić information content (AvgIpc) is 1.86. The molecule has 1 aromatic carbocycles. The van der Waals surface area contributed by atoms with Gasteiger partial charge in [-0.1, -0.05) is 0 Å². The molecule has 0 nitrogen and oxygen atoms in total. The van der Waals surface area contributed by atoms with Crippen LogP contribution in [0, 0.1) is 0 Å². The van der Waals surface area contributed by atoms with Crippen LogP contribution in [0.1, 0.15) is 5.56 Å². The zero-order valence-corrected chi connectivity index (χ0v) is 10.0. The maximum absolute atomic E-state index is 12.0. The molecule has 0 aromatic heterocycles. The third-order valence-electron chi connectivity index (χ3n) is 1.21. The second-order valence-electron chi connectivity index (χ2n) is 2.12. The molecule has 11 heavy (non-hydrogen) atoms. The van der Waals surface area contributed by atoms with Crippen LogP contribution in [-0.4, -0.2) is 24.7 Å². The summed E-state index contributed by atoms with van der Waals surface area (Å²) in [5.74, 6) is 0. The van der Waals surface area contributed by atoms with E-state index in [4.69, 9.17) is 0 Å². The number of rotatable bonds is 0. The van der Waals surface area contributed by atoms with Crippen molar-refractivity contribution in [2.75, 3.05) is 0 Å². The fraction of sp³-hybridized carbons (Fsp3) is 0.143. The molecule has 0 aliphatic heterocycles. The molecule has 0 bridgehead atoms. The van der Waals surface area contributed by atoms with E-state index in [1.165, 1.54) is 12.1 Å². The van der Waals surface area contributed by atoms with Crippen LogP contribution >= 0.6 is 0 Å². The van der Waals surface area contributed by atoms with Gasteiger partial charge in [0, 0.05) is 0 Å². The van der Waals surface area contributed by atoms with Crippen molar-refractivity contribution >= 4 is 28.0 Å². The minimum atomic E-state index is -4.19. The van der Waals surface area contributed by atoms with Gasteiger partial charge in [0.25, 0.3) is 0 Å². The monoisotopic (exact) mass is 356 g/mol. The van der Waals surface area contributed by atoms with Gasteiger partial charge in [-0.2, -0.15) is 0 Å². The minimum absolute atomic E-state index is 0.460. The first-order chi connectivity index (χ1) is 5.00. The Morgan fingerprint density at radius 1 is 1.18 bits per heavy atom. The number of hydrogen-bond acceptors (Lipinski definition) is 0. The van der Waals surface area contributed by atoms with Gasteiger partial charge >= 0.3 is 77.2 Å². The van der Waals surface area contributed by atoms with Gasteiger partial charge in [-0.15, -0.1) is 0 Å². The number of benzene rings is 1. The Morgan fingerprint density at radius 3 is 2.18 bits per heavy atom. The first-order valence-electron chi connectivity index (χ1n) is 2.93. The molecule has 0 amide bonds. The van der Waals surface area contributed by atoms with Crippen molar-refractivity contribution in [1.82, 2.24) is 0 Å². The normalized spacial score (nSPS) is 11.6. The van der Waals surface area contributed by atoms with E-state index >= 15 is 0 Å². The van der Waals surface area contributed by atoms with Gasteiger partial charge in [0.1, 0.15) is 0 Å². The second kappa shape index (κ2) is 3.10. The molecule has 0 spiro atoms. The number of alkyl halides is 3. The summed E-state index contributed by atoms with van der Waals surface area (Å²) in [6.45, 7) is 0. The van der Waals surface area contributed by atoms with Crippen molar-refractivity contribution in [3.05, 3.63) is 29.8 Å². The second-order valence-corrected chi connectivity index (χ2v) is 4.71. The molecule has 0 radical (unpaired) electrons. The van der Waals surface area contributed by atoms with Gasteiger partial charge in [-0.3, -0.25) is 0 Å². The standard InChI is InChI=1S/C7H4F3.Bi.2H/c8-7(9,10)6-4-2-1-3-5-6;;;/h1-2,4-5H;;;. The van der Waals surface area contributed by atoms with Gasteiger partial charge < -0.3 is 0 Å². The molecular formula is C7H6BiF3. The molecule has 60 valence electrons. The Bertz CT molecular complexity index is 254. The Hall–Kier alpha value is -0.107. The topological polar surface area (TPSA) is 0 Å². The molecule has 1 aromatic rings. The van der Waals surface area contributed by atoms with Crippen LogP contribution in [0.5, 0.6) is 0 Å². The summed E-state index contributed by atoms with van der Waals surface area (Å²) in [6, 6.07) is 5.44. The summed E-state index contributed by atoms with van der Waals surface area (Å²) in [5, 5.41) is 0. The van der Waals surface area contributed by atoms with E-state index in [1.54, 1.807) is 6.07 Å². The Labute approximate surface area is 77.3 Å². The van der Waals surface area contributed by atoms with Crippen LogP contribution in [0.15, 0.2) is 24.3 Å². The molecule has 0 aliphatic rings. The maximum atomic E-state index is 12.0. The zero-order valence-electron chi connectivity index (χ0n) is 5.52. The summed E-state index contributed by atoms with van der Waals surface area (Å²) in [6.07, 6.45) is -4.19. The SMILES string of the molecule is FC(F)(F)c1ccc[c]([BiH2])c1. The number of halogens is 3. The van der Waals surface area contributed by atoms with Gasteiger partial charge in [0.05, 0.1) is 0 Å². The fourth-order valence-electron chi connectivity index (χ4n) is 0.715. The van der Waals surface area contributed by atoms with Gasteiger partial charge in [0.2, 0.25) is 0 Å². The van der Waals surface area contributed by atoms with E-state index in [-0.39, 0.29) is 0 Å². The predicted molar refractivity (Wildman–Crippen MR) is 39.6 cm³/mol. The summed E-state index contributed by atoms with van der Waals surface area (Å²) >= 11 is 0.460. The van der Waals surface area contributed by atoms with E-state index in [0.29, 0.717) is 24.7 Å². The Morgan fingerprint density at radius 2 is 1.82 bits per heavy atom. The van der Waals surface area contributed by atoms with Crippen LogP contribution in [0.25, 0.3) is 0 Å². The van der Waals surface area contributed by atoms with Crippen molar-refractivity contribution in [1.29, 1.82) is 0 Å². The predicted octanol–water partition coefficient (Wildman–Crippen LogP) is 0.964. The third kappa shape index (κ3) is 2.44. The van der Waals surface area contributed by atoms with E-state index in [0.717, 1.165) is 9.34 Å². The van der Waals surface area contributed by atoms with Crippen LogP contribution < -0.4 is 3.27 Å². The molecular weight excluding hydrogens is 350 g/mol. The van der Waals surface area contributed by atoms with Crippen molar-refractivity contribution in [2.24, 2.45) is 0 Å². The molecule has 0 N–H and O–H groups in total. The van der Waals surface area contributed by atoms with Crippen molar-refractivity contribution < 1.29 is 13.2 Å². The van der Waals surface area contributed by atoms with E-state index in [9.17, 15) is 13.2 Å². The van der Waals surface area contributed by atoms with Gasteiger partial charge in [-0.05, 0) is 0 Å². The van der Waals surface area contributed by atoms with E-state index in [2.05, 4.69) is 0 Å². The molecule has 0 unspecified atom stereocenters. The van der Waals surface area contributed by atoms with Gasteiger partial charge in [-0.25, -0.2) is 0 Å². The average molecular weight is 356 g/mol. The van der Waals surface area contributed by atoms with Crippen molar-refractivity contribution in [2.45, 2.75) is 6.18 Å². The van der Waals surface area contributed by atoms with Crippen molar-refractivity contribution in [3.8, 4) is 0 Å². The summed E-state index contributed by atoms with van der Waals surface area (Å²) < 4.78 is 36.8. The molecule has 0 saturated carbocycles. The van der Waals surface area contributed by atoms with Gasteiger partial charge in [0.15, 0.2) is 0 Å². The zero-order chi connectivity index (χ0) is 8.48. The summed E-state index contributed by atoms with van der Waals surface area (Å²) in [7, 11) is 0.